The average molecular weight is 241 g/mol. The van der Waals surface area contributed by atoms with Crippen molar-refractivity contribution in [2.24, 2.45) is 5.92 Å². The van der Waals surface area contributed by atoms with Gasteiger partial charge in [0.15, 0.2) is 0 Å². The zero-order valence-corrected chi connectivity index (χ0v) is 9.30. The van der Waals surface area contributed by atoms with Gasteiger partial charge in [0, 0.05) is 6.54 Å². The standard InChI is InChI=1S/C13H14F3N/c14-13(15,16)12-5-3-10(4-6-12)1-2-11-7-8-17-9-11/h1-6,11,17H,7-9H2. The van der Waals surface area contributed by atoms with E-state index in [1.54, 1.807) is 0 Å². The topological polar surface area (TPSA) is 12.0 Å². The van der Waals surface area contributed by atoms with Crippen molar-refractivity contribution in [1.29, 1.82) is 0 Å². The van der Waals surface area contributed by atoms with Gasteiger partial charge in [-0.2, -0.15) is 13.2 Å². The Morgan fingerprint density at radius 2 is 1.88 bits per heavy atom. The molecule has 1 nitrogen and oxygen atoms in total. The highest BCUT2D eigenvalue weighted by Crippen LogP contribution is 2.29. The van der Waals surface area contributed by atoms with Crippen LogP contribution < -0.4 is 5.32 Å². The summed E-state index contributed by atoms with van der Waals surface area (Å²) in [5.41, 5.74) is 0.210. The molecule has 0 bridgehead atoms. The van der Waals surface area contributed by atoms with E-state index in [4.69, 9.17) is 0 Å². The van der Waals surface area contributed by atoms with E-state index in [9.17, 15) is 13.2 Å². The molecule has 1 aliphatic heterocycles. The molecule has 1 N–H and O–H groups in total. The third-order valence-electron chi connectivity index (χ3n) is 2.90. The lowest BCUT2D eigenvalue weighted by Crippen LogP contribution is -2.07. The second-order valence-electron chi connectivity index (χ2n) is 4.23. The van der Waals surface area contributed by atoms with E-state index in [2.05, 4.69) is 11.4 Å². The molecule has 1 aromatic rings. The van der Waals surface area contributed by atoms with Gasteiger partial charge < -0.3 is 5.32 Å². The normalized spacial score (nSPS) is 21.2. The first kappa shape index (κ1) is 12.2. The van der Waals surface area contributed by atoms with Crippen LogP contribution in [0.2, 0.25) is 0 Å². The van der Waals surface area contributed by atoms with Gasteiger partial charge in [-0.25, -0.2) is 0 Å². The number of hydrogen-bond acceptors (Lipinski definition) is 1. The van der Waals surface area contributed by atoms with Crippen molar-refractivity contribution >= 4 is 6.08 Å². The van der Waals surface area contributed by atoms with Crippen molar-refractivity contribution in [3.8, 4) is 0 Å². The van der Waals surface area contributed by atoms with E-state index in [1.807, 2.05) is 6.08 Å². The summed E-state index contributed by atoms with van der Waals surface area (Å²) in [6, 6.07) is 5.24. The second-order valence-corrected chi connectivity index (χ2v) is 4.23. The van der Waals surface area contributed by atoms with Crippen LogP contribution in [0.15, 0.2) is 30.3 Å². The SMILES string of the molecule is FC(F)(F)c1ccc(C=CC2CCNC2)cc1. The average Bonchev–Trinajstić information content (AvgIpc) is 2.78. The Labute approximate surface area is 98.3 Å². The van der Waals surface area contributed by atoms with Crippen molar-refractivity contribution in [1.82, 2.24) is 5.32 Å². The Hall–Kier alpha value is -1.29. The van der Waals surface area contributed by atoms with Crippen molar-refractivity contribution in [3.63, 3.8) is 0 Å². The monoisotopic (exact) mass is 241 g/mol. The van der Waals surface area contributed by atoms with E-state index in [0.717, 1.165) is 37.2 Å². The summed E-state index contributed by atoms with van der Waals surface area (Å²) in [5, 5.41) is 3.24. The molecule has 1 unspecified atom stereocenters. The maximum atomic E-state index is 12.3. The molecule has 1 heterocycles. The van der Waals surface area contributed by atoms with Crippen LogP contribution >= 0.6 is 0 Å². The summed E-state index contributed by atoms with van der Waals surface area (Å²) in [5.74, 6) is 0.497. The van der Waals surface area contributed by atoms with E-state index < -0.39 is 11.7 Å². The molecule has 1 atom stereocenters. The van der Waals surface area contributed by atoms with Crippen LogP contribution in [0.4, 0.5) is 13.2 Å². The van der Waals surface area contributed by atoms with Gasteiger partial charge in [0.05, 0.1) is 5.56 Å². The first-order valence-electron chi connectivity index (χ1n) is 5.62. The smallest absolute Gasteiger partial charge is 0.316 e. The highest BCUT2D eigenvalue weighted by molar-refractivity contribution is 5.50. The maximum Gasteiger partial charge on any atom is 0.416 e. The molecule has 0 amide bonds. The van der Waals surface area contributed by atoms with Gasteiger partial charge in [-0.05, 0) is 36.6 Å². The molecule has 1 saturated heterocycles. The van der Waals surface area contributed by atoms with Crippen LogP contribution in [0.1, 0.15) is 17.5 Å². The molecule has 4 heteroatoms. The highest BCUT2D eigenvalue weighted by atomic mass is 19.4. The summed E-state index contributed by atoms with van der Waals surface area (Å²) >= 11 is 0. The van der Waals surface area contributed by atoms with Crippen LogP contribution in [0, 0.1) is 5.92 Å². The molecule has 0 saturated carbocycles. The Morgan fingerprint density at radius 1 is 1.18 bits per heavy atom. The molecule has 2 rings (SSSR count). The largest absolute Gasteiger partial charge is 0.416 e. The minimum Gasteiger partial charge on any atom is -0.316 e. The van der Waals surface area contributed by atoms with Crippen LogP contribution in [0.25, 0.3) is 6.08 Å². The first-order chi connectivity index (χ1) is 8.05. The summed E-state index contributed by atoms with van der Waals surface area (Å²) in [6.45, 7) is 1.97. The number of hydrogen-bond donors (Lipinski definition) is 1. The summed E-state index contributed by atoms with van der Waals surface area (Å²) in [7, 11) is 0. The molecule has 17 heavy (non-hydrogen) atoms. The molecular weight excluding hydrogens is 227 g/mol. The Kier molecular flexibility index (Phi) is 3.52. The van der Waals surface area contributed by atoms with Crippen LogP contribution in [-0.4, -0.2) is 13.1 Å². The predicted octanol–water partition coefficient (Wildman–Crippen LogP) is 3.33. The summed E-state index contributed by atoms with van der Waals surface area (Å²) in [4.78, 5) is 0. The quantitative estimate of drug-likeness (QED) is 0.837. The van der Waals surface area contributed by atoms with Crippen molar-refractivity contribution < 1.29 is 13.2 Å². The number of nitrogens with one attached hydrogen (secondary N) is 1. The Balaban J connectivity index is 2.02. The Morgan fingerprint density at radius 3 is 2.41 bits per heavy atom. The number of alkyl halides is 3. The van der Waals surface area contributed by atoms with Gasteiger partial charge in [-0.15, -0.1) is 0 Å². The van der Waals surface area contributed by atoms with Crippen LogP contribution in [-0.2, 0) is 6.18 Å². The fourth-order valence-electron chi connectivity index (χ4n) is 1.87. The van der Waals surface area contributed by atoms with Gasteiger partial charge in [0.1, 0.15) is 0 Å². The van der Waals surface area contributed by atoms with Gasteiger partial charge in [-0.1, -0.05) is 24.3 Å². The van der Waals surface area contributed by atoms with Gasteiger partial charge in [0.25, 0.3) is 0 Å². The fourth-order valence-corrected chi connectivity index (χ4v) is 1.87. The minimum atomic E-state index is -4.25. The number of halogens is 3. The van der Waals surface area contributed by atoms with Gasteiger partial charge in [0.2, 0.25) is 0 Å². The number of benzene rings is 1. The van der Waals surface area contributed by atoms with Crippen molar-refractivity contribution in [2.45, 2.75) is 12.6 Å². The highest BCUT2D eigenvalue weighted by Gasteiger charge is 2.29. The van der Waals surface area contributed by atoms with Crippen molar-refractivity contribution in [3.05, 3.63) is 41.5 Å². The van der Waals surface area contributed by atoms with E-state index in [0.29, 0.717) is 5.92 Å². The lowest BCUT2D eigenvalue weighted by molar-refractivity contribution is -0.137. The third-order valence-corrected chi connectivity index (χ3v) is 2.90. The molecular formula is C13H14F3N. The summed E-state index contributed by atoms with van der Waals surface area (Å²) in [6.07, 6.45) is 0.787. The lowest BCUT2D eigenvalue weighted by Gasteiger charge is -2.06. The van der Waals surface area contributed by atoms with E-state index in [-0.39, 0.29) is 0 Å². The Bertz CT molecular complexity index is 386. The molecule has 1 fully saturated rings. The fraction of sp³-hybridized carbons (Fsp3) is 0.385. The molecule has 0 radical (unpaired) electrons. The maximum absolute atomic E-state index is 12.3. The van der Waals surface area contributed by atoms with Gasteiger partial charge >= 0.3 is 6.18 Å². The van der Waals surface area contributed by atoms with Crippen LogP contribution in [0.3, 0.4) is 0 Å². The zero-order chi connectivity index (χ0) is 12.3. The number of rotatable bonds is 2. The molecule has 1 aromatic carbocycles. The zero-order valence-electron chi connectivity index (χ0n) is 9.30. The third kappa shape index (κ3) is 3.33. The molecule has 0 aliphatic carbocycles. The van der Waals surface area contributed by atoms with Gasteiger partial charge in [-0.3, -0.25) is 0 Å². The molecule has 1 aliphatic rings. The van der Waals surface area contributed by atoms with E-state index >= 15 is 0 Å². The molecule has 92 valence electrons. The first-order valence-corrected chi connectivity index (χ1v) is 5.62. The molecule has 0 spiro atoms. The predicted molar refractivity (Wildman–Crippen MR) is 61.5 cm³/mol. The minimum absolute atomic E-state index is 0.497. The second kappa shape index (κ2) is 4.92. The van der Waals surface area contributed by atoms with Crippen molar-refractivity contribution in [2.75, 3.05) is 13.1 Å². The lowest BCUT2D eigenvalue weighted by atomic mass is 10.1. The van der Waals surface area contributed by atoms with E-state index in [1.165, 1.54) is 12.1 Å². The van der Waals surface area contributed by atoms with Crippen LogP contribution in [0.5, 0.6) is 0 Å². The summed E-state index contributed by atoms with van der Waals surface area (Å²) < 4.78 is 37.0. The molecule has 0 aromatic heterocycles.